The number of benzene rings is 1. The van der Waals surface area contributed by atoms with Crippen LogP contribution in [0.1, 0.15) is 11.3 Å². The van der Waals surface area contributed by atoms with Crippen molar-refractivity contribution in [2.45, 2.75) is 13.5 Å². The van der Waals surface area contributed by atoms with Gasteiger partial charge in [-0.2, -0.15) is 5.10 Å². The molecule has 0 bridgehead atoms. The Labute approximate surface area is 112 Å². The molecule has 0 radical (unpaired) electrons. The van der Waals surface area contributed by atoms with Gasteiger partial charge in [0.25, 0.3) is 0 Å². The fourth-order valence-electron chi connectivity index (χ4n) is 2.74. The molecule has 4 heteroatoms. The Balaban J connectivity index is 2.31. The maximum atomic E-state index is 5.79. The van der Waals surface area contributed by atoms with Crippen molar-refractivity contribution in [3.8, 4) is 11.3 Å². The number of nitrogens with zero attached hydrogens (tertiary/aromatic N) is 3. The molecular weight excluding hydrogens is 236 g/mol. The van der Waals surface area contributed by atoms with Crippen LogP contribution in [0.5, 0.6) is 0 Å². The summed E-state index contributed by atoms with van der Waals surface area (Å²) in [6, 6.07) is 8.39. The van der Waals surface area contributed by atoms with E-state index in [4.69, 9.17) is 5.73 Å². The Morgan fingerprint density at radius 1 is 1.21 bits per heavy atom. The SMILES string of the molecule is Cc1c(-c2cn(C)c3ccccc23)nn(C)c1CN. The first-order valence-electron chi connectivity index (χ1n) is 6.40. The van der Waals surface area contributed by atoms with Crippen molar-refractivity contribution in [1.29, 1.82) is 0 Å². The largest absolute Gasteiger partial charge is 0.350 e. The number of para-hydroxylation sites is 1. The first-order valence-corrected chi connectivity index (χ1v) is 6.40. The third-order valence-electron chi connectivity index (χ3n) is 3.77. The highest BCUT2D eigenvalue weighted by Gasteiger charge is 2.16. The summed E-state index contributed by atoms with van der Waals surface area (Å²) in [5.41, 5.74) is 11.5. The lowest BCUT2D eigenvalue weighted by Gasteiger charge is -1.98. The van der Waals surface area contributed by atoms with Crippen LogP contribution in [0.15, 0.2) is 30.5 Å². The standard InChI is InChI=1S/C15H18N4/c1-10-14(8-16)19(3)17-15(10)12-9-18(2)13-7-5-4-6-11(12)13/h4-7,9H,8,16H2,1-3H3. The van der Waals surface area contributed by atoms with Gasteiger partial charge in [0, 0.05) is 43.3 Å². The van der Waals surface area contributed by atoms with Crippen molar-refractivity contribution in [3.63, 3.8) is 0 Å². The van der Waals surface area contributed by atoms with Crippen molar-refractivity contribution in [3.05, 3.63) is 41.7 Å². The van der Waals surface area contributed by atoms with Gasteiger partial charge in [0.05, 0.1) is 11.4 Å². The highest BCUT2D eigenvalue weighted by molar-refractivity contribution is 5.95. The maximum absolute atomic E-state index is 5.79. The van der Waals surface area contributed by atoms with E-state index in [2.05, 4.69) is 54.1 Å². The van der Waals surface area contributed by atoms with Crippen LogP contribution in [0.2, 0.25) is 0 Å². The molecule has 3 aromatic rings. The summed E-state index contributed by atoms with van der Waals surface area (Å²) in [6.45, 7) is 2.60. The number of aryl methyl sites for hydroxylation is 2. The Morgan fingerprint density at radius 3 is 2.63 bits per heavy atom. The van der Waals surface area contributed by atoms with E-state index >= 15 is 0 Å². The van der Waals surface area contributed by atoms with E-state index in [-0.39, 0.29) is 0 Å². The van der Waals surface area contributed by atoms with Crippen LogP contribution < -0.4 is 5.73 Å². The van der Waals surface area contributed by atoms with E-state index in [1.807, 2.05) is 11.7 Å². The predicted octanol–water partition coefficient (Wildman–Crippen LogP) is 2.35. The third kappa shape index (κ3) is 1.68. The van der Waals surface area contributed by atoms with E-state index in [0.29, 0.717) is 6.54 Å². The molecular formula is C15H18N4. The van der Waals surface area contributed by atoms with Crippen molar-refractivity contribution < 1.29 is 0 Å². The summed E-state index contributed by atoms with van der Waals surface area (Å²) in [7, 11) is 4.01. The molecule has 0 atom stereocenters. The Morgan fingerprint density at radius 2 is 1.95 bits per heavy atom. The molecule has 98 valence electrons. The van der Waals surface area contributed by atoms with Crippen molar-refractivity contribution in [2.24, 2.45) is 19.8 Å². The van der Waals surface area contributed by atoms with Crippen LogP contribution in [0, 0.1) is 6.92 Å². The molecule has 3 rings (SSSR count). The summed E-state index contributed by atoms with van der Waals surface area (Å²) in [5.74, 6) is 0. The maximum Gasteiger partial charge on any atom is 0.0977 e. The van der Waals surface area contributed by atoms with E-state index in [1.165, 1.54) is 22.0 Å². The van der Waals surface area contributed by atoms with E-state index in [9.17, 15) is 0 Å². The first kappa shape index (κ1) is 12.0. The molecule has 4 nitrogen and oxygen atoms in total. The molecule has 0 spiro atoms. The van der Waals surface area contributed by atoms with Gasteiger partial charge in [-0.05, 0) is 18.6 Å². The minimum atomic E-state index is 0.514. The summed E-state index contributed by atoms with van der Waals surface area (Å²) in [4.78, 5) is 0. The van der Waals surface area contributed by atoms with Gasteiger partial charge in [0.15, 0.2) is 0 Å². The van der Waals surface area contributed by atoms with Crippen LogP contribution in [0.3, 0.4) is 0 Å². The minimum Gasteiger partial charge on any atom is -0.350 e. The fourth-order valence-corrected chi connectivity index (χ4v) is 2.74. The predicted molar refractivity (Wildman–Crippen MR) is 77.7 cm³/mol. The lowest BCUT2D eigenvalue weighted by Crippen LogP contribution is -2.05. The zero-order chi connectivity index (χ0) is 13.6. The monoisotopic (exact) mass is 254 g/mol. The molecule has 0 aliphatic carbocycles. The van der Waals surface area contributed by atoms with Crippen molar-refractivity contribution in [2.75, 3.05) is 0 Å². The first-order chi connectivity index (χ1) is 9.13. The van der Waals surface area contributed by atoms with Gasteiger partial charge in [-0.15, -0.1) is 0 Å². The second-order valence-corrected chi connectivity index (χ2v) is 4.92. The average Bonchev–Trinajstić information content (AvgIpc) is 2.88. The molecule has 1 aromatic carbocycles. The number of rotatable bonds is 2. The lowest BCUT2D eigenvalue weighted by molar-refractivity contribution is 0.712. The van der Waals surface area contributed by atoms with E-state index in [0.717, 1.165) is 11.4 Å². The quantitative estimate of drug-likeness (QED) is 0.763. The second-order valence-electron chi connectivity index (χ2n) is 4.92. The molecule has 19 heavy (non-hydrogen) atoms. The number of fused-ring (bicyclic) bond motifs is 1. The highest BCUT2D eigenvalue weighted by Crippen LogP contribution is 2.32. The van der Waals surface area contributed by atoms with Gasteiger partial charge in [0.2, 0.25) is 0 Å². The fraction of sp³-hybridized carbons (Fsp3) is 0.267. The number of nitrogens with two attached hydrogens (primary N) is 1. The molecule has 0 saturated carbocycles. The Hall–Kier alpha value is -2.07. The average molecular weight is 254 g/mol. The zero-order valence-corrected chi connectivity index (χ0v) is 11.5. The van der Waals surface area contributed by atoms with Gasteiger partial charge in [0.1, 0.15) is 0 Å². The van der Waals surface area contributed by atoms with Gasteiger partial charge < -0.3 is 10.3 Å². The second kappa shape index (κ2) is 4.24. The number of hydrogen-bond acceptors (Lipinski definition) is 2. The van der Waals surface area contributed by atoms with Crippen LogP contribution in [0.25, 0.3) is 22.2 Å². The molecule has 2 aromatic heterocycles. The zero-order valence-electron chi connectivity index (χ0n) is 11.5. The summed E-state index contributed by atoms with van der Waals surface area (Å²) in [6.07, 6.45) is 2.14. The molecule has 0 amide bonds. The number of aromatic nitrogens is 3. The molecule has 2 heterocycles. The smallest absolute Gasteiger partial charge is 0.0977 e. The van der Waals surface area contributed by atoms with Crippen molar-refractivity contribution in [1.82, 2.24) is 14.3 Å². The molecule has 2 N–H and O–H groups in total. The minimum absolute atomic E-state index is 0.514. The Kier molecular flexibility index (Phi) is 2.68. The van der Waals surface area contributed by atoms with E-state index < -0.39 is 0 Å². The molecule has 0 unspecified atom stereocenters. The number of hydrogen-bond donors (Lipinski definition) is 1. The highest BCUT2D eigenvalue weighted by atomic mass is 15.3. The summed E-state index contributed by atoms with van der Waals surface area (Å²) < 4.78 is 4.02. The lowest BCUT2D eigenvalue weighted by atomic mass is 10.1. The molecule has 0 saturated heterocycles. The third-order valence-corrected chi connectivity index (χ3v) is 3.77. The van der Waals surface area contributed by atoms with Crippen LogP contribution in [-0.2, 0) is 20.6 Å². The molecule has 0 fully saturated rings. The van der Waals surface area contributed by atoms with Gasteiger partial charge in [-0.3, -0.25) is 4.68 Å². The molecule has 0 aliphatic heterocycles. The van der Waals surface area contributed by atoms with Crippen LogP contribution in [0.4, 0.5) is 0 Å². The van der Waals surface area contributed by atoms with Crippen molar-refractivity contribution >= 4 is 10.9 Å². The normalized spacial score (nSPS) is 11.4. The van der Waals surface area contributed by atoms with Gasteiger partial charge >= 0.3 is 0 Å². The summed E-state index contributed by atoms with van der Waals surface area (Å²) >= 11 is 0. The van der Waals surface area contributed by atoms with Gasteiger partial charge in [-0.1, -0.05) is 18.2 Å². The summed E-state index contributed by atoms with van der Waals surface area (Å²) in [5, 5.41) is 5.87. The van der Waals surface area contributed by atoms with Crippen LogP contribution in [-0.4, -0.2) is 14.3 Å². The topological polar surface area (TPSA) is 48.8 Å². The Bertz CT molecular complexity index is 749. The molecule has 0 aliphatic rings. The van der Waals surface area contributed by atoms with Gasteiger partial charge in [-0.25, -0.2) is 0 Å². The van der Waals surface area contributed by atoms with Crippen LogP contribution >= 0.6 is 0 Å². The van der Waals surface area contributed by atoms with E-state index in [1.54, 1.807) is 0 Å².